The summed E-state index contributed by atoms with van der Waals surface area (Å²) < 4.78 is 0. The maximum absolute atomic E-state index is 12.1. The van der Waals surface area contributed by atoms with E-state index in [9.17, 15) is 4.79 Å². The Kier molecular flexibility index (Phi) is 6.24. The van der Waals surface area contributed by atoms with Gasteiger partial charge in [-0.1, -0.05) is 41.6 Å². The van der Waals surface area contributed by atoms with Gasteiger partial charge in [-0.25, -0.2) is 15.0 Å². The second kappa shape index (κ2) is 8.62. The van der Waals surface area contributed by atoms with Crippen molar-refractivity contribution in [2.75, 3.05) is 11.1 Å². The van der Waals surface area contributed by atoms with Crippen molar-refractivity contribution in [2.45, 2.75) is 25.4 Å². The Morgan fingerprint density at radius 1 is 1.23 bits per heavy atom. The summed E-state index contributed by atoms with van der Waals surface area (Å²) in [5.74, 6) is 0.110. The second-order valence-electron chi connectivity index (χ2n) is 5.67. The van der Waals surface area contributed by atoms with Gasteiger partial charge in [0.25, 0.3) is 0 Å². The Labute approximate surface area is 165 Å². The van der Waals surface area contributed by atoms with E-state index in [1.807, 2.05) is 44.2 Å². The number of anilines is 1. The number of hydrogen-bond acceptors (Lipinski definition) is 6. The zero-order valence-electron chi connectivity index (χ0n) is 14.3. The lowest BCUT2D eigenvalue weighted by atomic mass is 10.1. The summed E-state index contributed by atoms with van der Waals surface area (Å²) in [7, 11) is 0. The highest BCUT2D eigenvalue weighted by molar-refractivity contribution is 7.99. The first-order chi connectivity index (χ1) is 12.5. The molecule has 1 aromatic carbocycles. The summed E-state index contributed by atoms with van der Waals surface area (Å²) in [6, 6.07) is 9.62. The van der Waals surface area contributed by atoms with E-state index in [0.717, 1.165) is 26.9 Å². The summed E-state index contributed by atoms with van der Waals surface area (Å²) in [6.07, 6.45) is 2.46. The van der Waals surface area contributed by atoms with E-state index >= 15 is 0 Å². The molecule has 134 valence electrons. The third-order valence-corrected chi connectivity index (χ3v) is 5.55. The third kappa shape index (κ3) is 5.27. The number of carbonyl (C=O) groups is 1. The van der Waals surface area contributed by atoms with Crippen LogP contribution < -0.4 is 5.32 Å². The molecule has 5 nitrogen and oxygen atoms in total. The molecular formula is C18H17ClN4OS2. The van der Waals surface area contributed by atoms with E-state index in [-0.39, 0.29) is 11.7 Å². The second-order valence-corrected chi connectivity index (χ2v) is 8.13. The molecule has 3 aromatic rings. The summed E-state index contributed by atoms with van der Waals surface area (Å²) >= 11 is 8.95. The number of nitrogens with one attached hydrogen (secondary N) is 1. The maximum Gasteiger partial charge on any atom is 0.236 e. The highest BCUT2D eigenvalue weighted by Crippen LogP contribution is 2.25. The number of benzene rings is 1. The number of nitrogens with zero attached hydrogens (tertiary/aromatic N) is 3. The first kappa shape index (κ1) is 18.8. The van der Waals surface area contributed by atoms with Gasteiger partial charge in [0.1, 0.15) is 0 Å². The first-order valence-electron chi connectivity index (χ1n) is 7.92. The molecule has 0 saturated heterocycles. The van der Waals surface area contributed by atoms with Crippen molar-refractivity contribution in [3.63, 3.8) is 0 Å². The predicted molar refractivity (Wildman–Crippen MR) is 107 cm³/mol. The molecule has 3 rings (SSSR count). The van der Waals surface area contributed by atoms with Crippen LogP contribution in [-0.4, -0.2) is 26.6 Å². The number of thioether (sulfide) groups is 1. The Morgan fingerprint density at radius 3 is 2.69 bits per heavy atom. The fraction of sp³-hybridized carbons (Fsp3) is 0.222. The molecule has 0 saturated carbocycles. The molecule has 0 spiro atoms. The van der Waals surface area contributed by atoms with Crippen LogP contribution in [0.15, 0.2) is 41.7 Å². The van der Waals surface area contributed by atoms with E-state index < -0.39 is 0 Å². The van der Waals surface area contributed by atoms with Crippen molar-refractivity contribution in [3.05, 3.63) is 63.4 Å². The molecule has 1 amide bonds. The smallest absolute Gasteiger partial charge is 0.236 e. The van der Waals surface area contributed by atoms with Gasteiger partial charge in [0.05, 0.1) is 5.75 Å². The van der Waals surface area contributed by atoms with E-state index in [1.54, 1.807) is 6.20 Å². The van der Waals surface area contributed by atoms with Crippen LogP contribution in [0.25, 0.3) is 0 Å². The number of amides is 1. The van der Waals surface area contributed by atoms with Crippen LogP contribution in [0.4, 0.5) is 5.13 Å². The van der Waals surface area contributed by atoms with Crippen molar-refractivity contribution >= 4 is 45.7 Å². The monoisotopic (exact) mass is 404 g/mol. The molecule has 2 heterocycles. The number of carbonyl (C=O) groups excluding carboxylic acids is 1. The quantitative estimate of drug-likeness (QED) is 0.483. The van der Waals surface area contributed by atoms with Crippen molar-refractivity contribution < 1.29 is 4.79 Å². The van der Waals surface area contributed by atoms with E-state index in [4.69, 9.17) is 11.6 Å². The van der Waals surface area contributed by atoms with Gasteiger partial charge in [-0.3, -0.25) is 4.79 Å². The number of aryl methyl sites for hydroxylation is 2. The number of halogens is 1. The van der Waals surface area contributed by atoms with Crippen molar-refractivity contribution in [2.24, 2.45) is 0 Å². The lowest BCUT2D eigenvalue weighted by molar-refractivity contribution is -0.113. The molecule has 2 aromatic heterocycles. The highest BCUT2D eigenvalue weighted by Gasteiger charge is 2.10. The molecule has 0 bridgehead atoms. The molecular weight excluding hydrogens is 388 g/mol. The van der Waals surface area contributed by atoms with Crippen LogP contribution in [0.5, 0.6) is 0 Å². The molecule has 0 fully saturated rings. The maximum atomic E-state index is 12.1. The number of hydrogen-bond donors (Lipinski definition) is 1. The standard InChI is InChI=1S/C18H17ClN4OS2/c1-11-7-12(2)22-18(21-11)25-10-16(24)23-17-20-9-14(26-17)8-13-5-3-4-6-15(13)19/h3-7,9H,8,10H2,1-2H3,(H,20,23,24). The van der Waals surface area contributed by atoms with Crippen LogP contribution in [0.1, 0.15) is 21.8 Å². The molecule has 0 unspecified atom stereocenters. The molecule has 1 N–H and O–H groups in total. The van der Waals surface area contributed by atoms with Crippen molar-refractivity contribution in [1.82, 2.24) is 15.0 Å². The van der Waals surface area contributed by atoms with Gasteiger partial charge in [-0.15, -0.1) is 11.3 Å². The molecule has 0 atom stereocenters. The van der Waals surface area contributed by atoms with Gasteiger partial charge in [0, 0.05) is 33.9 Å². The van der Waals surface area contributed by atoms with Gasteiger partial charge in [-0.2, -0.15) is 0 Å². The summed E-state index contributed by atoms with van der Waals surface area (Å²) in [5, 5.41) is 4.74. The number of thiazole rings is 1. The van der Waals surface area contributed by atoms with Gasteiger partial charge >= 0.3 is 0 Å². The summed E-state index contributed by atoms with van der Waals surface area (Å²) in [4.78, 5) is 26.1. The average Bonchev–Trinajstić information content (AvgIpc) is 3.01. The van der Waals surface area contributed by atoms with E-state index in [0.29, 0.717) is 16.7 Å². The fourth-order valence-electron chi connectivity index (χ4n) is 2.32. The van der Waals surface area contributed by atoms with E-state index in [1.165, 1.54) is 23.1 Å². The highest BCUT2D eigenvalue weighted by atomic mass is 35.5. The zero-order chi connectivity index (χ0) is 18.5. The van der Waals surface area contributed by atoms with Gasteiger partial charge < -0.3 is 5.32 Å². The Hall–Kier alpha value is -1.96. The lowest BCUT2D eigenvalue weighted by Gasteiger charge is -2.03. The van der Waals surface area contributed by atoms with Crippen molar-refractivity contribution in [1.29, 1.82) is 0 Å². The third-order valence-electron chi connectivity index (χ3n) is 3.42. The molecule has 0 aliphatic carbocycles. The normalized spacial score (nSPS) is 10.7. The minimum absolute atomic E-state index is 0.128. The SMILES string of the molecule is Cc1cc(C)nc(SCC(=O)Nc2ncc(Cc3ccccc3Cl)s2)n1. The minimum Gasteiger partial charge on any atom is -0.301 e. The summed E-state index contributed by atoms with van der Waals surface area (Å²) in [5.41, 5.74) is 2.83. The minimum atomic E-state index is -0.128. The van der Waals surface area contributed by atoms with Crippen LogP contribution >= 0.6 is 34.7 Å². The van der Waals surface area contributed by atoms with Gasteiger partial charge in [0.2, 0.25) is 5.91 Å². The lowest BCUT2D eigenvalue weighted by Crippen LogP contribution is -2.14. The van der Waals surface area contributed by atoms with Gasteiger partial charge in [0.15, 0.2) is 10.3 Å². The van der Waals surface area contributed by atoms with Gasteiger partial charge in [-0.05, 0) is 31.5 Å². The summed E-state index contributed by atoms with van der Waals surface area (Å²) in [6.45, 7) is 3.82. The van der Waals surface area contributed by atoms with E-state index in [2.05, 4.69) is 20.3 Å². The van der Waals surface area contributed by atoms with Crippen LogP contribution in [-0.2, 0) is 11.2 Å². The largest absolute Gasteiger partial charge is 0.301 e. The Morgan fingerprint density at radius 2 is 1.96 bits per heavy atom. The van der Waals surface area contributed by atoms with Crippen LogP contribution in [0, 0.1) is 13.8 Å². The van der Waals surface area contributed by atoms with Crippen LogP contribution in [0.3, 0.4) is 0 Å². The topological polar surface area (TPSA) is 67.8 Å². The molecule has 0 aliphatic rings. The van der Waals surface area contributed by atoms with Crippen LogP contribution in [0.2, 0.25) is 5.02 Å². The molecule has 0 aliphatic heterocycles. The fourth-order valence-corrected chi connectivity index (χ4v) is 4.12. The molecule has 26 heavy (non-hydrogen) atoms. The predicted octanol–water partition coefficient (Wildman–Crippen LogP) is 4.52. The molecule has 0 radical (unpaired) electrons. The number of aromatic nitrogens is 3. The molecule has 8 heteroatoms. The zero-order valence-corrected chi connectivity index (χ0v) is 16.7. The average molecular weight is 405 g/mol. The number of rotatable bonds is 6. The Bertz CT molecular complexity index is 909. The van der Waals surface area contributed by atoms with Crippen molar-refractivity contribution in [3.8, 4) is 0 Å². The first-order valence-corrected chi connectivity index (χ1v) is 10.1. The Balaban J connectivity index is 1.55.